The second kappa shape index (κ2) is 18.5. The van der Waals surface area contributed by atoms with Gasteiger partial charge < -0.3 is 39.6 Å². The van der Waals surface area contributed by atoms with Crippen molar-refractivity contribution >= 4 is 34.5 Å². The van der Waals surface area contributed by atoms with E-state index in [1.54, 1.807) is 70.3 Å². The van der Waals surface area contributed by atoms with Gasteiger partial charge in [-0.25, -0.2) is 23.3 Å². The maximum absolute atomic E-state index is 13.8. The van der Waals surface area contributed by atoms with Gasteiger partial charge in [0, 0.05) is 50.9 Å². The molecule has 0 aliphatic carbocycles. The van der Waals surface area contributed by atoms with E-state index in [0.717, 1.165) is 19.6 Å². The molecule has 2 aromatic carbocycles. The third-order valence-corrected chi connectivity index (χ3v) is 9.67. The summed E-state index contributed by atoms with van der Waals surface area (Å²) in [7, 11) is 0.179. The highest BCUT2D eigenvalue weighted by Crippen LogP contribution is 2.31. The third-order valence-electron chi connectivity index (χ3n) is 8.16. The number of nitrogen functional groups attached to an aromatic ring is 1. The molecule has 0 saturated carbocycles. The summed E-state index contributed by atoms with van der Waals surface area (Å²) in [5, 5.41) is 2.87. The molecule has 1 fully saturated rings. The number of nitrogens with two attached hydrogens (primary N) is 1. The molecule has 3 N–H and O–H groups in total. The highest BCUT2D eigenvalue weighted by atomic mass is 32.2. The summed E-state index contributed by atoms with van der Waals surface area (Å²) in [6.45, 7) is 11.8. The maximum Gasteiger partial charge on any atom is 0.410 e. The van der Waals surface area contributed by atoms with Crippen LogP contribution in [0.15, 0.2) is 53.6 Å². The number of fused-ring (bicyclic) bond motifs is 13. The van der Waals surface area contributed by atoms with Crippen molar-refractivity contribution in [3.05, 3.63) is 59.9 Å². The molecule has 15 nitrogen and oxygen atoms in total. The lowest BCUT2D eigenvalue weighted by atomic mass is 10.1. The molecule has 0 spiro atoms. The van der Waals surface area contributed by atoms with Crippen molar-refractivity contribution in [3.63, 3.8) is 0 Å². The molecule has 1 atom stereocenters. The van der Waals surface area contributed by atoms with E-state index >= 15 is 0 Å². The van der Waals surface area contributed by atoms with Crippen molar-refractivity contribution in [2.45, 2.75) is 37.8 Å². The summed E-state index contributed by atoms with van der Waals surface area (Å²) < 4.78 is 44.5. The van der Waals surface area contributed by atoms with Crippen molar-refractivity contribution in [2.24, 2.45) is 0 Å². The Morgan fingerprint density at radius 2 is 1.63 bits per heavy atom. The van der Waals surface area contributed by atoms with E-state index in [0.29, 0.717) is 79.3 Å². The molecule has 6 rings (SSSR count). The van der Waals surface area contributed by atoms with Gasteiger partial charge in [0.2, 0.25) is 0 Å². The van der Waals surface area contributed by atoms with Gasteiger partial charge >= 0.3 is 6.09 Å². The molecule has 4 heterocycles. The van der Waals surface area contributed by atoms with Crippen LogP contribution in [0.1, 0.15) is 36.8 Å². The third kappa shape index (κ3) is 11.2. The lowest BCUT2D eigenvalue weighted by Crippen LogP contribution is -2.42. The predicted octanol–water partition coefficient (Wildman–Crippen LogP) is 3.43. The second-order valence-electron chi connectivity index (χ2n) is 13.3. The fraction of sp³-hybridized carbons (Fsp3) is 0.500. The zero-order chi connectivity index (χ0) is 37.1. The van der Waals surface area contributed by atoms with Crippen molar-refractivity contribution in [1.29, 1.82) is 0 Å². The molecule has 282 valence electrons. The van der Waals surface area contributed by atoms with Crippen LogP contribution in [-0.2, 0) is 36.5 Å². The minimum absolute atomic E-state index is 0.0526. The van der Waals surface area contributed by atoms with Gasteiger partial charge in [-0.3, -0.25) is 9.69 Å². The monoisotopic (exact) mass is 739 g/mol. The first-order valence-corrected chi connectivity index (χ1v) is 18.4. The van der Waals surface area contributed by atoms with Crippen molar-refractivity contribution in [2.75, 3.05) is 97.1 Å². The quantitative estimate of drug-likeness (QED) is 0.366. The molecule has 52 heavy (non-hydrogen) atoms. The second-order valence-corrected chi connectivity index (χ2v) is 14.8. The van der Waals surface area contributed by atoms with Gasteiger partial charge in [0.1, 0.15) is 28.9 Å². The van der Waals surface area contributed by atoms with Crippen LogP contribution < -0.4 is 15.8 Å². The number of hydrogen-bond donors (Lipinski definition) is 2. The average molecular weight is 740 g/mol. The van der Waals surface area contributed by atoms with Crippen LogP contribution >= 0.6 is 0 Å². The van der Waals surface area contributed by atoms with Gasteiger partial charge in [0.25, 0.3) is 5.91 Å². The Balaban J connectivity index is 1.39. The van der Waals surface area contributed by atoms with Gasteiger partial charge in [0.05, 0.1) is 68.7 Å². The number of morpholine rings is 1. The van der Waals surface area contributed by atoms with E-state index < -0.39 is 28.6 Å². The molecule has 3 aliphatic heterocycles. The van der Waals surface area contributed by atoms with Crippen LogP contribution in [0.4, 0.5) is 16.3 Å². The summed E-state index contributed by atoms with van der Waals surface area (Å²) in [4.78, 5) is 39.6. The molecule has 16 heteroatoms. The summed E-state index contributed by atoms with van der Waals surface area (Å²) >= 11 is 0. The molecule has 1 aromatic heterocycles. The maximum atomic E-state index is 13.8. The first-order chi connectivity index (χ1) is 25.0. The van der Waals surface area contributed by atoms with Crippen LogP contribution in [0.5, 0.6) is 5.75 Å². The molecule has 1 saturated heterocycles. The first kappa shape index (κ1) is 39.0. The van der Waals surface area contributed by atoms with Gasteiger partial charge in [-0.15, -0.1) is 0 Å². The van der Waals surface area contributed by atoms with Crippen molar-refractivity contribution < 1.29 is 37.5 Å². The van der Waals surface area contributed by atoms with E-state index in [1.165, 1.54) is 11.1 Å². The minimum Gasteiger partial charge on any atom is -0.489 e. The van der Waals surface area contributed by atoms with Crippen molar-refractivity contribution in [1.82, 2.24) is 24.1 Å². The molecule has 0 radical (unpaired) electrons. The number of nitrogens with one attached hydrogen (secondary N) is 1. The number of carbonyl (C=O) groups excluding carboxylic acids is 2. The van der Waals surface area contributed by atoms with E-state index in [-0.39, 0.29) is 31.3 Å². The Morgan fingerprint density at radius 1 is 0.962 bits per heavy atom. The summed E-state index contributed by atoms with van der Waals surface area (Å²) in [6.07, 6.45) is 0.986. The Bertz CT molecular complexity index is 1680. The van der Waals surface area contributed by atoms with Gasteiger partial charge in [0.15, 0.2) is 11.5 Å². The van der Waals surface area contributed by atoms with Crippen LogP contribution in [-0.4, -0.2) is 132 Å². The summed E-state index contributed by atoms with van der Waals surface area (Å²) in [5.41, 5.74) is 7.48. The Kier molecular flexibility index (Phi) is 13.9. The summed E-state index contributed by atoms with van der Waals surface area (Å²) in [6, 6.07) is 12.4. The SMILES string of the molecule is CN(Cc1cccc2c1OCCOCCOCCN(CCN1CCOCC1)S(=O)c1ccc(cc1)-c1cnc(N)c(n1)C(=O)N2)C(=O)OC(C)(C)C. The standard InChI is InChI=1S/C36H49N7O8S/c1-36(2,3)51-35(45)41(4)25-27-6-5-7-29-32(27)50-23-22-49-21-20-48-19-16-43(13-12-42-14-17-47-18-15-42)52(46)28-10-8-26(9-11-28)30-24-38-33(37)31(39-30)34(44)40-29/h5-11,24H,12-23,25H2,1-4H3,(H2,37,38)(H,40,44). The molecular formula is C36H49N7O8S. The Labute approximate surface area is 307 Å². The lowest BCUT2D eigenvalue weighted by molar-refractivity contribution is 0.0272. The number of aromatic nitrogens is 2. The van der Waals surface area contributed by atoms with Gasteiger partial charge in [-0.05, 0) is 39.0 Å². The fourth-order valence-electron chi connectivity index (χ4n) is 5.46. The van der Waals surface area contributed by atoms with E-state index in [4.69, 9.17) is 29.4 Å². The number of hydrogen-bond acceptors (Lipinski definition) is 12. The predicted molar refractivity (Wildman–Crippen MR) is 196 cm³/mol. The minimum atomic E-state index is -1.45. The Morgan fingerprint density at radius 3 is 2.37 bits per heavy atom. The van der Waals surface area contributed by atoms with E-state index in [1.807, 2.05) is 4.31 Å². The number of amides is 2. The summed E-state index contributed by atoms with van der Waals surface area (Å²) in [5.74, 6) is -0.293. The normalized spacial score (nSPS) is 18.6. The molecule has 3 aliphatic rings. The van der Waals surface area contributed by atoms with E-state index in [9.17, 15) is 13.8 Å². The molecule has 4 bridgehead atoms. The van der Waals surface area contributed by atoms with Crippen LogP contribution in [0.3, 0.4) is 0 Å². The van der Waals surface area contributed by atoms with Crippen molar-refractivity contribution in [3.8, 4) is 17.0 Å². The van der Waals surface area contributed by atoms with Gasteiger partial charge in [-0.2, -0.15) is 0 Å². The smallest absolute Gasteiger partial charge is 0.410 e. The largest absolute Gasteiger partial charge is 0.489 e. The van der Waals surface area contributed by atoms with Gasteiger partial charge in [-0.1, -0.05) is 24.3 Å². The number of nitrogens with zero attached hydrogens (tertiary/aromatic N) is 5. The topological polar surface area (TPSA) is 171 Å². The molecule has 2 amide bonds. The number of ether oxygens (including phenoxy) is 5. The molecular weight excluding hydrogens is 691 g/mol. The highest BCUT2D eigenvalue weighted by molar-refractivity contribution is 7.82. The number of para-hydroxylation sites is 1. The number of carbonyl (C=O) groups is 2. The van der Waals surface area contributed by atoms with Crippen LogP contribution in [0.2, 0.25) is 0 Å². The molecule has 3 aromatic rings. The average Bonchev–Trinajstić information content (AvgIpc) is 3.12. The van der Waals surface area contributed by atoms with Crippen LogP contribution in [0.25, 0.3) is 11.3 Å². The van der Waals surface area contributed by atoms with Crippen LogP contribution in [0, 0.1) is 0 Å². The zero-order valence-electron chi connectivity index (χ0n) is 30.3. The highest BCUT2D eigenvalue weighted by Gasteiger charge is 2.24. The number of anilines is 2. The van der Waals surface area contributed by atoms with E-state index in [2.05, 4.69) is 20.2 Å². The lowest BCUT2D eigenvalue weighted by Gasteiger charge is -2.29. The number of benzene rings is 2. The fourth-order valence-corrected chi connectivity index (χ4v) is 6.62. The zero-order valence-corrected chi connectivity index (χ0v) is 31.1. The number of rotatable bonds is 5. The Hall–Kier alpha value is -4.19. The first-order valence-electron chi connectivity index (χ1n) is 17.3. The molecule has 1 unspecified atom stereocenters.